The Hall–Kier alpha value is 0.400. The van der Waals surface area contributed by atoms with Gasteiger partial charge < -0.3 is 9.47 Å². The predicted octanol–water partition coefficient (Wildman–Crippen LogP) is 4.12. The number of ether oxygens (including phenoxy) is 2. The van der Waals surface area contributed by atoms with E-state index < -0.39 is 0 Å². The van der Waals surface area contributed by atoms with Crippen LogP contribution in [-0.4, -0.2) is 24.8 Å². The fourth-order valence-corrected chi connectivity index (χ4v) is 1.60. The van der Waals surface area contributed by atoms with Crippen LogP contribution in [0.25, 0.3) is 0 Å². The van der Waals surface area contributed by atoms with E-state index in [-0.39, 0.29) is 0 Å². The molecule has 0 aliphatic carbocycles. The fourth-order valence-electron chi connectivity index (χ4n) is 1.27. The molecule has 0 rings (SSSR count). The molecule has 0 aromatic carbocycles. The number of alkyl halides is 1. The molecule has 92 valence electrons. The van der Waals surface area contributed by atoms with E-state index in [1.54, 1.807) is 0 Å². The van der Waals surface area contributed by atoms with Crippen LogP contribution in [0, 0.1) is 0 Å². The topological polar surface area (TPSA) is 18.5 Å². The van der Waals surface area contributed by atoms with Crippen molar-refractivity contribution in [3.63, 3.8) is 0 Å². The Kier molecular flexibility index (Phi) is 12.8. The van der Waals surface area contributed by atoms with Crippen molar-refractivity contribution in [2.45, 2.75) is 57.2 Å². The van der Waals surface area contributed by atoms with Crippen LogP contribution in [0.2, 0.25) is 0 Å². The molecule has 0 fully saturated rings. The van der Waals surface area contributed by atoms with Gasteiger partial charge in [-0.1, -0.05) is 49.0 Å². The summed E-state index contributed by atoms with van der Waals surface area (Å²) in [6.45, 7) is 6.49. The molecule has 0 aliphatic heterocycles. The van der Waals surface area contributed by atoms with Crippen LogP contribution >= 0.6 is 15.9 Å². The zero-order valence-electron chi connectivity index (χ0n) is 10.1. The van der Waals surface area contributed by atoms with Gasteiger partial charge in [0.1, 0.15) is 6.79 Å². The van der Waals surface area contributed by atoms with Crippen molar-refractivity contribution >= 4 is 15.9 Å². The molecule has 0 aromatic heterocycles. The number of unbranched alkanes of at least 4 members (excludes halogenated alkanes) is 3. The summed E-state index contributed by atoms with van der Waals surface area (Å²) in [5, 5.41) is 0. The summed E-state index contributed by atoms with van der Waals surface area (Å²) in [6, 6.07) is 0. The van der Waals surface area contributed by atoms with Gasteiger partial charge in [-0.2, -0.15) is 0 Å². The molecule has 1 unspecified atom stereocenters. The second-order valence-electron chi connectivity index (χ2n) is 3.92. The van der Waals surface area contributed by atoms with Crippen molar-refractivity contribution in [2.24, 2.45) is 0 Å². The molecular formula is C12H25BrO2. The third-order valence-corrected chi connectivity index (χ3v) is 2.66. The van der Waals surface area contributed by atoms with Crippen LogP contribution in [0.3, 0.4) is 0 Å². The first-order chi connectivity index (χ1) is 7.27. The zero-order valence-corrected chi connectivity index (χ0v) is 11.7. The van der Waals surface area contributed by atoms with Crippen molar-refractivity contribution in [2.75, 3.05) is 20.0 Å². The second kappa shape index (κ2) is 12.5. The highest BCUT2D eigenvalue weighted by molar-refractivity contribution is 9.09. The van der Waals surface area contributed by atoms with E-state index in [4.69, 9.17) is 9.47 Å². The Morgan fingerprint density at radius 1 is 1.00 bits per heavy atom. The Morgan fingerprint density at radius 3 is 2.27 bits per heavy atom. The summed E-state index contributed by atoms with van der Waals surface area (Å²) in [6.07, 6.45) is 7.30. The van der Waals surface area contributed by atoms with Crippen LogP contribution < -0.4 is 0 Å². The van der Waals surface area contributed by atoms with Gasteiger partial charge >= 0.3 is 0 Å². The van der Waals surface area contributed by atoms with Crippen molar-refractivity contribution in [1.82, 2.24) is 0 Å². The zero-order chi connectivity index (χ0) is 11.4. The first-order valence-corrected chi connectivity index (χ1v) is 6.98. The molecule has 0 spiro atoms. The fraction of sp³-hybridized carbons (Fsp3) is 1.00. The van der Waals surface area contributed by atoms with Gasteiger partial charge in [0, 0.05) is 18.0 Å². The van der Waals surface area contributed by atoms with Gasteiger partial charge in [0.05, 0.1) is 0 Å². The minimum atomic E-state index is 0.461. The second-order valence-corrected chi connectivity index (χ2v) is 5.48. The summed E-state index contributed by atoms with van der Waals surface area (Å²) in [7, 11) is 0. The lowest BCUT2D eigenvalue weighted by Crippen LogP contribution is -2.04. The van der Waals surface area contributed by atoms with E-state index in [0.717, 1.165) is 32.5 Å². The van der Waals surface area contributed by atoms with Crippen LogP contribution in [0.1, 0.15) is 52.4 Å². The highest BCUT2D eigenvalue weighted by atomic mass is 79.9. The van der Waals surface area contributed by atoms with Crippen molar-refractivity contribution in [1.29, 1.82) is 0 Å². The molecule has 0 radical (unpaired) electrons. The maximum absolute atomic E-state index is 5.35. The maximum Gasteiger partial charge on any atom is 0.146 e. The third-order valence-electron chi connectivity index (χ3n) is 2.20. The molecule has 1 atom stereocenters. The molecule has 15 heavy (non-hydrogen) atoms. The summed E-state index contributed by atoms with van der Waals surface area (Å²) < 4.78 is 10.7. The minimum absolute atomic E-state index is 0.461. The quantitative estimate of drug-likeness (QED) is 0.322. The van der Waals surface area contributed by atoms with Gasteiger partial charge in [-0.05, 0) is 19.3 Å². The van der Waals surface area contributed by atoms with Gasteiger partial charge in [-0.25, -0.2) is 0 Å². The smallest absolute Gasteiger partial charge is 0.146 e. The van der Waals surface area contributed by atoms with Gasteiger partial charge in [-0.3, -0.25) is 0 Å². The van der Waals surface area contributed by atoms with E-state index >= 15 is 0 Å². The van der Waals surface area contributed by atoms with Crippen LogP contribution in [0.15, 0.2) is 0 Å². The largest absolute Gasteiger partial charge is 0.355 e. The summed E-state index contributed by atoms with van der Waals surface area (Å²) in [4.78, 5) is 0.594. The average molecular weight is 281 g/mol. The van der Waals surface area contributed by atoms with Crippen molar-refractivity contribution in [3.8, 4) is 0 Å². The Bertz CT molecular complexity index is 118. The normalized spacial score (nSPS) is 13.0. The summed E-state index contributed by atoms with van der Waals surface area (Å²) in [5.41, 5.74) is 0. The van der Waals surface area contributed by atoms with Crippen LogP contribution in [0.4, 0.5) is 0 Å². The Balaban J connectivity index is 2.87. The Labute approximate surface area is 103 Å². The first kappa shape index (κ1) is 15.4. The molecule has 0 heterocycles. The van der Waals surface area contributed by atoms with Crippen molar-refractivity contribution < 1.29 is 9.47 Å². The van der Waals surface area contributed by atoms with Crippen LogP contribution in [0.5, 0.6) is 0 Å². The van der Waals surface area contributed by atoms with E-state index in [1.165, 1.54) is 19.3 Å². The lowest BCUT2D eigenvalue weighted by molar-refractivity contribution is -0.0554. The van der Waals surface area contributed by atoms with Crippen molar-refractivity contribution in [3.05, 3.63) is 0 Å². The predicted molar refractivity (Wildman–Crippen MR) is 68.5 cm³/mol. The van der Waals surface area contributed by atoms with E-state index in [9.17, 15) is 0 Å². The number of rotatable bonds is 11. The molecule has 0 N–H and O–H groups in total. The monoisotopic (exact) mass is 280 g/mol. The molecule has 0 amide bonds. The number of halogens is 1. The van der Waals surface area contributed by atoms with Crippen LogP contribution in [-0.2, 0) is 9.47 Å². The van der Waals surface area contributed by atoms with Gasteiger partial charge in [0.25, 0.3) is 0 Å². The first-order valence-electron chi connectivity index (χ1n) is 6.07. The number of hydrogen-bond acceptors (Lipinski definition) is 2. The standard InChI is InChI=1S/C12H25BrO2/c1-3-4-5-6-9-14-11-15-10-7-8-12(2)13/h12H,3-11H2,1-2H3. The molecule has 0 aromatic rings. The van der Waals surface area contributed by atoms with Gasteiger partial charge in [-0.15, -0.1) is 0 Å². The molecule has 2 nitrogen and oxygen atoms in total. The SMILES string of the molecule is CCCCCCOCOCCCC(C)Br. The minimum Gasteiger partial charge on any atom is -0.355 e. The Morgan fingerprint density at radius 2 is 1.67 bits per heavy atom. The third kappa shape index (κ3) is 14.4. The molecule has 0 saturated heterocycles. The van der Waals surface area contributed by atoms with Gasteiger partial charge in [0.15, 0.2) is 0 Å². The number of hydrogen-bond donors (Lipinski definition) is 0. The maximum atomic E-state index is 5.35. The summed E-state index contributed by atoms with van der Waals surface area (Å²) in [5.74, 6) is 0. The highest BCUT2D eigenvalue weighted by Gasteiger charge is 1.95. The van der Waals surface area contributed by atoms with Gasteiger partial charge in [0.2, 0.25) is 0 Å². The highest BCUT2D eigenvalue weighted by Crippen LogP contribution is 2.06. The van der Waals surface area contributed by atoms with E-state index in [1.807, 2.05) is 0 Å². The molecule has 0 saturated carbocycles. The lowest BCUT2D eigenvalue weighted by Gasteiger charge is -2.06. The van der Waals surface area contributed by atoms with E-state index in [0.29, 0.717) is 11.6 Å². The average Bonchev–Trinajstić information content (AvgIpc) is 2.20. The molecule has 3 heteroatoms. The summed E-state index contributed by atoms with van der Waals surface area (Å²) >= 11 is 3.51. The lowest BCUT2D eigenvalue weighted by atomic mass is 10.2. The van der Waals surface area contributed by atoms with E-state index in [2.05, 4.69) is 29.8 Å². The molecule has 0 aliphatic rings. The molecular weight excluding hydrogens is 256 g/mol. The molecule has 0 bridgehead atoms.